The molecule has 2 nitrogen and oxygen atoms in total. The second-order valence-electron chi connectivity index (χ2n) is 9.26. The highest BCUT2D eigenvalue weighted by Crippen LogP contribution is 2.32. The maximum Gasteiger partial charge on any atom is 0.0784 e. The Balaban J connectivity index is 2.09. The van der Waals surface area contributed by atoms with Gasteiger partial charge in [-0.15, -0.1) is 0 Å². The molecule has 0 radical (unpaired) electrons. The van der Waals surface area contributed by atoms with E-state index in [0.29, 0.717) is 0 Å². The van der Waals surface area contributed by atoms with Gasteiger partial charge in [0.25, 0.3) is 0 Å². The van der Waals surface area contributed by atoms with Crippen LogP contribution in [0.25, 0.3) is 32.6 Å². The van der Waals surface area contributed by atoms with Crippen LogP contribution in [0.2, 0.25) is 0 Å². The Morgan fingerprint density at radius 3 is 1.19 bits per heavy atom. The molecule has 0 saturated carbocycles. The van der Waals surface area contributed by atoms with Crippen LogP contribution in [-0.4, -0.2) is 9.97 Å². The van der Waals surface area contributed by atoms with Crippen LogP contribution in [0.3, 0.4) is 0 Å². The number of benzene rings is 2. The molecule has 2 aromatic heterocycles. The molecule has 0 fully saturated rings. The predicted molar refractivity (Wildman–Crippen MR) is 112 cm³/mol. The van der Waals surface area contributed by atoms with Crippen LogP contribution in [0.15, 0.2) is 48.5 Å². The zero-order valence-electron chi connectivity index (χ0n) is 16.5. The van der Waals surface area contributed by atoms with Crippen molar-refractivity contribution in [2.75, 3.05) is 0 Å². The minimum atomic E-state index is 0.0326. The molecular weight excluding hydrogens is 316 g/mol. The smallest absolute Gasteiger partial charge is 0.0784 e. The van der Waals surface area contributed by atoms with E-state index in [1.807, 2.05) is 0 Å². The number of hydrogen-bond donors (Lipinski definition) is 0. The molecule has 2 heteroatoms. The van der Waals surface area contributed by atoms with E-state index in [0.717, 1.165) is 22.4 Å². The fourth-order valence-corrected chi connectivity index (χ4v) is 3.41. The van der Waals surface area contributed by atoms with Crippen LogP contribution in [0.4, 0.5) is 0 Å². The van der Waals surface area contributed by atoms with Crippen LogP contribution >= 0.6 is 0 Å². The summed E-state index contributed by atoms with van der Waals surface area (Å²) >= 11 is 0. The zero-order chi connectivity index (χ0) is 18.7. The molecule has 0 spiro atoms. The number of fused-ring (bicyclic) bond motifs is 5. The molecule has 0 bridgehead atoms. The average molecular weight is 342 g/mol. The first kappa shape index (κ1) is 17.0. The van der Waals surface area contributed by atoms with E-state index in [1.165, 1.54) is 21.5 Å². The summed E-state index contributed by atoms with van der Waals surface area (Å²) in [5.74, 6) is 0. The average Bonchev–Trinajstić information content (AvgIpc) is 2.58. The van der Waals surface area contributed by atoms with E-state index < -0.39 is 0 Å². The third kappa shape index (κ3) is 2.74. The number of aromatic nitrogens is 2. The second kappa shape index (κ2) is 5.51. The summed E-state index contributed by atoms with van der Waals surface area (Å²) in [7, 11) is 0. The second-order valence-corrected chi connectivity index (χ2v) is 9.26. The van der Waals surface area contributed by atoms with Gasteiger partial charge in [-0.1, -0.05) is 77.9 Å². The Morgan fingerprint density at radius 1 is 0.500 bits per heavy atom. The van der Waals surface area contributed by atoms with Crippen molar-refractivity contribution < 1.29 is 0 Å². The van der Waals surface area contributed by atoms with Crippen LogP contribution in [0.5, 0.6) is 0 Å². The van der Waals surface area contributed by atoms with Crippen LogP contribution in [-0.2, 0) is 10.8 Å². The van der Waals surface area contributed by atoms with Gasteiger partial charge in [-0.2, -0.15) is 0 Å². The molecule has 4 rings (SSSR count). The largest absolute Gasteiger partial charge is 0.252 e. The lowest BCUT2D eigenvalue weighted by atomic mass is 9.90. The van der Waals surface area contributed by atoms with Gasteiger partial charge in [0.1, 0.15) is 0 Å². The molecule has 0 aliphatic rings. The molecule has 0 atom stereocenters. The maximum absolute atomic E-state index is 5.02. The molecule has 0 saturated heterocycles. The summed E-state index contributed by atoms with van der Waals surface area (Å²) < 4.78 is 0. The van der Waals surface area contributed by atoms with Crippen molar-refractivity contribution in [3.63, 3.8) is 0 Å². The lowest BCUT2D eigenvalue weighted by Crippen LogP contribution is -2.13. The summed E-state index contributed by atoms with van der Waals surface area (Å²) in [6.07, 6.45) is 0. The molecule has 0 aliphatic carbocycles. The van der Waals surface area contributed by atoms with Gasteiger partial charge >= 0.3 is 0 Å². The van der Waals surface area contributed by atoms with E-state index in [1.54, 1.807) is 0 Å². The maximum atomic E-state index is 5.02. The van der Waals surface area contributed by atoms with Gasteiger partial charge in [0.2, 0.25) is 0 Å². The van der Waals surface area contributed by atoms with Gasteiger partial charge in [0.05, 0.1) is 11.0 Å². The van der Waals surface area contributed by atoms with Crippen LogP contribution < -0.4 is 0 Å². The van der Waals surface area contributed by atoms with Crippen molar-refractivity contribution in [1.29, 1.82) is 0 Å². The molecule has 0 unspecified atom stereocenters. The Morgan fingerprint density at radius 2 is 0.846 bits per heavy atom. The molecule has 132 valence electrons. The third-order valence-electron chi connectivity index (χ3n) is 5.05. The monoisotopic (exact) mass is 342 g/mol. The lowest BCUT2D eigenvalue weighted by molar-refractivity contribution is 0.571. The summed E-state index contributed by atoms with van der Waals surface area (Å²) in [5, 5.41) is 4.72. The van der Waals surface area contributed by atoms with Crippen LogP contribution in [0.1, 0.15) is 52.9 Å². The lowest BCUT2D eigenvalue weighted by Gasteiger charge is -2.19. The standard InChI is InChI=1S/C24H26N2/c1-23(2,3)19-13-9-15-7-12-18-17(21(15)25-19)11-8-16-10-14-20(24(4,5)6)26-22(16)18/h7-14H,1-6H3. The first-order chi connectivity index (χ1) is 12.1. The minimum absolute atomic E-state index is 0.0326. The summed E-state index contributed by atoms with van der Waals surface area (Å²) in [5.41, 5.74) is 4.44. The molecule has 4 aromatic rings. The SMILES string of the molecule is CC(C)(C)c1ccc2ccc3c(ccc4ccc(C(C)(C)C)nc43)c2n1. The van der Waals surface area contributed by atoms with E-state index in [2.05, 4.69) is 90.1 Å². The van der Waals surface area contributed by atoms with Gasteiger partial charge < -0.3 is 0 Å². The Kier molecular flexibility index (Phi) is 3.59. The zero-order valence-corrected chi connectivity index (χ0v) is 16.5. The number of hydrogen-bond acceptors (Lipinski definition) is 2. The van der Waals surface area contributed by atoms with Crippen molar-refractivity contribution in [1.82, 2.24) is 9.97 Å². The van der Waals surface area contributed by atoms with Gasteiger partial charge in [-0.3, -0.25) is 9.97 Å². The van der Waals surface area contributed by atoms with E-state index in [4.69, 9.17) is 9.97 Å². The molecule has 2 aromatic carbocycles. The minimum Gasteiger partial charge on any atom is -0.252 e. The van der Waals surface area contributed by atoms with Crippen molar-refractivity contribution in [3.05, 3.63) is 59.9 Å². The molecule has 26 heavy (non-hydrogen) atoms. The van der Waals surface area contributed by atoms with Crippen LogP contribution in [0, 0.1) is 0 Å². The van der Waals surface area contributed by atoms with Gasteiger partial charge in [-0.05, 0) is 12.1 Å². The summed E-state index contributed by atoms with van der Waals surface area (Å²) in [6.45, 7) is 13.2. The van der Waals surface area contributed by atoms with E-state index in [-0.39, 0.29) is 10.8 Å². The fourth-order valence-electron chi connectivity index (χ4n) is 3.41. The number of rotatable bonds is 0. The van der Waals surface area contributed by atoms with Gasteiger partial charge in [0, 0.05) is 43.8 Å². The van der Waals surface area contributed by atoms with Crippen molar-refractivity contribution >= 4 is 32.6 Å². The molecule has 0 amide bonds. The topological polar surface area (TPSA) is 25.8 Å². The first-order valence-electron chi connectivity index (χ1n) is 9.29. The third-order valence-corrected chi connectivity index (χ3v) is 5.05. The first-order valence-corrected chi connectivity index (χ1v) is 9.29. The highest BCUT2D eigenvalue weighted by Gasteiger charge is 2.18. The number of nitrogens with zero attached hydrogens (tertiary/aromatic N) is 2. The molecule has 0 N–H and O–H groups in total. The van der Waals surface area contributed by atoms with E-state index in [9.17, 15) is 0 Å². The Labute approximate surface area is 155 Å². The van der Waals surface area contributed by atoms with Crippen molar-refractivity contribution in [3.8, 4) is 0 Å². The normalized spacial score (nSPS) is 13.0. The Hall–Kier alpha value is -2.48. The van der Waals surface area contributed by atoms with Crippen molar-refractivity contribution in [2.24, 2.45) is 0 Å². The van der Waals surface area contributed by atoms with Gasteiger partial charge in [0.15, 0.2) is 0 Å². The summed E-state index contributed by atoms with van der Waals surface area (Å²) in [6, 6.07) is 17.4. The molecule has 2 heterocycles. The highest BCUT2D eigenvalue weighted by atomic mass is 14.7. The number of pyridine rings is 2. The molecule has 0 aliphatic heterocycles. The summed E-state index contributed by atoms with van der Waals surface area (Å²) in [4.78, 5) is 10.0. The van der Waals surface area contributed by atoms with Gasteiger partial charge in [-0.25, -0.2) is 0 Å². The Bertz CT molecular complexity index is 1050. The highest BCUT2D eigenvalue weighted by molar-refractivity contribution is 6.14. The van der Waals surface area contributed by atoms with E-state index >= 15 is 0 Å². The molecular formula is C24H26N2. The van der Waals surface area contributed by atoms with Crippen molar-refractivity contribution in [2.45, 2.75) is 52.4 Å². The quantitative estimate of drug-likeness (QED) is 0.339. The fraction of sp³-hybridized carbons (Fsp3) is 0.333. The predicted octanol–water partition coefficient (Wildman–Crippen LogP) is 6.53.